The van der Waals surface area contributed by atoms with E-state index in [2.05, 4.69) is 15.3 Å². The molecule has 0 saturated carbocycles. The minimum atomic E-state index is -0.291. The molecule has 0 amide bonds. The number of aromatic nitrogens is 2. The molecule has 1 aromatic heterocycles. The Morgan fingerprint density at radius 3 is 3.00 bits per heavy atom. The van der Waals surface area contributed by atoms with Crippen molar-refractivity contribution >= 4 is 10.9 Å². The van der Waals surface area contributed by atoms with Gasteiger partial charge in [-0.3, -0.25) is 0 Å². The van der Waals surface area contributed by atoms with E-state index in [-0.39, 0.29) is 5.82 Å². The van der Waals surface area contributed by atoms with Gasteiger partial charge in [0.05, 0.1) is 5.69 Å². The van der Waals surface area contributed by atoms with Gasteiger partial charge in [-0.15, -0.1) is 0 Å². The summed E-state index contributed by atoms with van der Waals surface area (Å²) in [5, 5.41) is 3.84. The van der Waals surface area contributed by atoms with E-state index in [1.807, 2.05) is 13.1 Å². The van der Waals surface area contributed by atoms with E-state index in [1.54, 1.807) is 6.07 Å². The lowest BCUT2D eigenvalue weighted by molar-refractivity contribution is 0.636. The van der Waals surface area contributed by atoms with E-state index in [0.717, 1.165) is 24.0 Å². The number of halogens is 1. The molecular weight excluding hydrogens is 193 g/mol. The van der Waals surface area contributed by atoms with Crippen molar-refractivity contribution in [2.45, 2.75) is 6.42 Å². The Morgan fingerprint density at radius 1 is 1.33 bits per heavy atom. The SMILES string of the molecule is CNCCc1ncnc2c(F)cccc12. The number of benzene rings is 1. The zero-order valence-corrected chi connectivity index (χ0v) is 8.50. The van der Waals surface area contributed by atoms with Crippen LogP contribution in [0.1, 0.15) is 5.69 Å². The summed E-state index contributed by atoms with van der Waals surface area (Å²) in [5.74, 6) is -0.291. The van der Waals surface area contributed by atoms with E-state index in [9.17, 15) is 4.39 Å². The molecule has 3 nitrogen and oxygen atoms in total. The van der Waals surface area contributed by atoms with Crippen molar-refractivity contribution in [2.24, 2.45) is 0 Å². The summed E-state index contributed by atoms with van der Waals surface area (Å²) in [6.45, 7) is 0.822. The molecule has 1 aromatic carbocycles. The molecule has 1 heterocycles. The summed E-state index contributed by atoms with van der Waals surface area (Å²) in [5.41, 5.74) is 1.28. The van der Waals surface area contributed by atoms with Gasteiger partial charge in [0, 0.05) is 18.4 Å². The summed E-state index contributed by atoms with van der Waals surface area (Å²) in [7, 11) is 1.88. The summed E-state index contributed by atoms with van der Waals surface area (Å²) in [4.78, 5) is 8.11. The first-order chi connectivity index (χ1) is 7.33. The number of likely N-dealkylation sites (N-methyl/N-ethyl adjacent to an activating group) is 1. The lowest BCUT2D eigenvalue weighted by Crippen LogP contribution is -2.11. The van der Waals surface area contributed by atoms with Gasteiger partial charge in [-0.25, -0.2) is 14.4 Å². The van der Waals surface area contributed by atoms with Crippen LogP contribution in [0.5, 0.6) is 0 Å². The molecule has 2 rings (SSSR count). The second-order valence-electron chi connectivity index (χ2n) is 3.31. The second kappa shape index (κ2) is 4.31. The summed E-state index contributed by atoms with van der Waals surface area (Å²) in [6.07, 6.45) is 2.19. The minimum absolute atomic E-state index is 0.291. The molecule has 0 atom stereocenters. The first kappa shape index (κ1) is 9.98. The number of para-hydroxylation sites is 1. The van der Waals surface area contributed by atoms with E-state index in [1.165, 1.54) is 12.4 Å². The van der Waals surface area contributed by atoms with Gasteiger partial charge in [0.1, 0.15) is 17.7 Å². The van der Waals surface area contributed by atoms with Gasteiger partial charge in [-0.1, -0.05) is 12.1 Å². The van der Waals surface area contributed by atoms with Crippen LogP contribution in [0.2, 0.25) is 0 Å². The topological polar surface area (TPSA) is 37.8 Å². The lowest BCUT2D eigenvalue weighted by Gasteiger charge is -2.04. The van der Waals surface area contributed by atoms with Crippen molar-refractivity contribution in [3.63, 3.8) is 0 Å². The van der Waals surface area contributed by atoms with Crippen LogP contribution in [0.25, 0.3) is 10.9 Å². The van der Waals surface area contributed by atoms with E-state index < -0.39 is 0 Å². The van der Waals surface area contributed by atoms with Gasteiger partial charge in [0.2, 0.25) is 0 Å². The second-order valence-corrected chi connectivity index (χ2v) is 3.31. The monoisotopic (exact) mass is 205 g/mol. The Balaban J connectivity index is 2.51. The van der Waals surface area contributed by atoms with Gasteiger partial charge < -0.3 is 5.32 Å². The van der Waals surface area contributed by atoms with E-state index in [0.29, 0.717) is 5.52 Å². The molecule has 0 saturated heterocycles. The molecule has 0 radical (unpaired) electrons. The highest BCUT2D eigenvalue weighted by molar-refractivity contribution is 5.81. The molecular formula is C11H12FN3. The van der Waals surface area contributed by atoms with Crippen LogP contribution in [0.3, 0.4) is 0 Å². The van der Waals surface area contributed by atoms with Gasteiger partial charge in [0.25, 0.3) is 0 Å². The largest absolute Gasteiger partial charge is 0.319 e. The Labute approximate surface area is 87.4 Å². The normalized spacial score (nSPS) is 10.8. The predicted octanol–water partition coefficient (Wildman–Crippen LogP) is 1.53. The van der Waals surface area contributed by atoms with E-state index in [4.69, 9.17) is 0 Å². The van der Waals surface area contributed by atoms with Crippen molar-refractivity contribution in [1.82, 2.24) is 15.3 Å². The van der Waals surface area contributed by atoms with Crippen molar-refractivity contribution in [3.05, 3.63) is 36.0 Å². The molecule has 0 aliphatic rings. The van der Waals surface area contributed by atoms with Crippen LogP contribution in [-0.4, -0.2) is 23.6 Å². The number of hydrogen-bond donors (Lipinski definition) is 1. The van der Waals surface area contributed by atoms with Crippen LogP contribution in [0, 0.1) is 5.82 Å². The van der Waals surface area contributed by atoms with Gasteiger partial charge >= 0.3 is 0 Å². The standard InChI is InChI=1S/C11H12FN3/c1-13-6-5-10-8-3-2-4-9(12)11(8)15-7-14-10/h2-4,7,13H,5-6H2,1H3. The van der Waals surface area contributed by atoms with Crippen LogP contribution in [0.4, 0.5) is 4.39 Å². The van der Waals surface area contributed by atoms with Crippen LogP contribution in [-0.2, 0) is 6.42 Å². The number of fused-ring (bicyclic) bond motifs is 1. The maximum Gasteiger partial charge on any atom is 0.149 e. The van der Waals surface area contributed by atoms with Crippen LogP contribution < -0.4 is 5.32 Å². The van der Waals surface area contributed by atoms with Crippen molar-refractivity contribution < 1.29 is 4.39 Å². The zero-order chi connectivity index (χ0) is 10.7. The minimum Gasteiger partial charge on any atom is -0.319 e. The van der Waals surface area contributed by atoms with Gasteiger partial charge in [0.15, 0.2) is 0 Å². The first-order valence-electron chi connectivity index (χ1n) is 4.85. The molecule has 0 fully saturated rings. The highest BCUT2D eigenvalue weighted by atomic mass is 19.1. The number of nitrogens with one attached hydrogen (secondary N) is 1. The smallest absolute Gasteiger partial charge is 0.149 e. The molecule has 15 heavy (non-hydrogen) atoms. The zero-order valence-electron chi connectivity index (χ0n) is 8.50. The van der Waals surface area contributed by atoms with Crippen molar-refractivity contribution in [3.8, 4) is 0 Å². The maximum atomic E-state index is 13.4. The highest BCUT2D eigenvalue weighted by Gasteiger charge is 2.06. The third kappa shape index (κ3) is 1.94. The molecule has 0 bridgehead atoms. The highest BCUT2D eigenvalue weighted by Crippen LogP contribution is 2.17. The average molecular weight is 205 g/mol. The Morgan fingerprint density at radius 2 is 2.20 bits per heavy atom. The van der Waals surface area contributed by atoms with Gasteiger partial charge in [-0.2, -0.15) is 0 Å². The summed E-state index contributed by atoms with van der Waals surface area (Å²) < 4.78 is 13.4. The number of nitrogens with zero attached hydrogens (tertiary/aromatic N) is 2. The summed E-state index contributed by atoms with van der Waals surface area (Å²) >= 11 is 0. The fourth-order valence-corrected chi connectivity index (χ4v) is 1.55. The molecule has 2 aromatic rings. The fourth-order valence-electron chi connectivity index (χ4n) is 1.55. The van der Waals surface area contributed by atoms with Crippen LogP contribution in [0.15, 0.2) is 24.5 Å². The molecule has 0 aliphatic heterocycles. The Hall–Kier alpha value is -1.55. The predicted molar refractivity (Wildman–Crippen MR) is 57.1 cm³/mol. The molecule has 0 spiro atoms. The molecule has 0 unspecified atom stereocenters. The third-order valence-electron chi connectivity index (χ3n) is 2.31. The van der Waals surface area contributed by atoms with Crippen molar-refractivity contribution in [2.75, 3.05) is 13.6 Å². The molecule has 78 valence electrons. The maximum absolute atomic E-state index is 13.4. The number of hydrogen-bond acceptors (Lipinski definition) is 3. The van der Waals surface area contributed by atoms with Crippen molar-refractivity contribution in [1.29, 1.82) is 0 Å². The van der Waals surface area contributed by atoms with Gasteiger partial charge in [-0.05, 0) is 13.1 Å². The molecule has 0 aliphatic carbocycles. The average Bonchev–Trinajstić information content (AvgIpc) is 2.27. The quantitative estimate of drug-likeness (QED) is 0.825. The molecule has 4 heteroatoms. The number of rotatable bonds is 3. The van der Waals surface area contributed by atoms with Crippen LogP contribution >= 0.6 is 0 Å². The third-order valence-corrected chi connectivity index (χ3v) is 2.31. The Bertz CT molecular complexity index is 470. The summed E-state index contributed by atoms with van der Waals surface area (Å²) in [6, 6.07) is 4.95. The van der Waals surface area contributed by atoms with E-state index >= 15 is 0 Å². The lowest BCUT2D eigenvalue weighted by atomic mass is 10.1. The Kier molecular flexibility index (Phi) is 2.87. The first-order valence-corrected chi connectivity index (χ1v) is 4.85. The fraction of sp³-hybridized carbons (Fsp3) is 0.273. The molecule has 1 N–H and O–H groups in total.